The van der Waals surface area contributed by atoms with E-state index in [0.29, 0.717) is 31.2 Å². The predicted molar refractivity (Wildman–Crippen MR) is 88.1 cm³/mol. The van der Waals surface area contributed by atoms with E-state index in [1.54, 1.807) is 36.1 Å². The Morgan fingerprint density at radius 1 is 1.17 bits per heavy atom. The molecule has 1 amide bonds. The minimum Gasteiger partial charge on any atom is -0.451 e. The molecular weight excluding hydrogens is 311 g/mol. The van der Waals surface area contributed by atoms with Gasteiger partial charge in [0, 0.05) is 38.3 Å². The fourth-order valence-electron chi connectivity index (χ4n) is 2.89. The second-order valence-electron chi connectivity index (χ2n) is 6.11. The fraction of sp³-hybridized carbons (Fsp3) is 0.389. The summed E-state index contributed by atoms with van der Waals surface area (Å²) in [7, 11) is 0. The number of halogens is 1. The summed E-state index contributed by atoms with van der Waals surface area (Å²) in [6, 6.07) is 9.35. The first-order valence-corrected chi connectivity index (χ1v) is 8.08. The van der Waals surface area contributed by atoms with E-state index in [0.717, 1.165) is 18.7 Å². The predicted octanol–water partition coefficient (Wildman–Crippen LogP) is 2.22. The van der Waals surface area contributed by atoms with Crippen molar-refractivity contribution >= 4 is 5.91 Å². The number of benzene rings is 1. The van der Waals surface area contributed by atoms with Gasteiger partial charge >= 0.3 is 0 Å². The molecule has 24 heavy (non-hydrogen) atoms. The Morgan fingerprint density at radius 2 is 1.83 bits per heavy atom. The highest BCUT2D eigenvalue weighted by molar-refractivity contribution is 5.92. The number of rotatable bonds is 4. The van der Waals surface area contributed by atoms with Crippen LogP contribution in [-0.4, -0.2) is 59.6 Å². The third kappa shape index (κ3) is 3.83. The first kappa shape index (κ1) is 16.7. The summed E-state index contributed by atoms with van der Waals surface area (Å²) in [5.74, 6) is 0.390. The summed E-state index contributed by atoms with van der Waals surface area (Å²) < 4.78 is 18.6. The number of carbonyl (C=O) groups is 1. The van der Waals surface area contributed by atoms with Crippen molar-refractivity contribution in [3.05, 3.63) is 48.0 Å². The average molecular weight is 332 g/mol. The van der Waals surface area contributed by atoms with Gasteiger partial charge in [-0.15, -0.1) is 0 Å². The monoisotopic (exact) mass is 332 g/mol. The number of hydrogen-bond donors (Lipinski definition) is 1. The number of carbonyl (C=O) groups excluding carboxylic acids is 1. The van der Waals surface area contributed by atoms with Gasteiger partial charge in [-0.3, -0.25) is 9.69 Å². The standard InChI is InChI=1S/C18H21FN2O3/c1-13(22)12-20-8-10-21(11-9-20)18(23)17-7-6-16(24-17)14-2-4-15(19)5-3-14/h2-7,13,22H,8-12H2,1H3/t13-/m0/s1. The van der Waals surface area contributed by atoms with Crippen LogP contribution in [0.2, 0.25) is 0 Å². The Bertz CT molecular complexity index is 689. The maximum atomic E-state index is 13.0. The number of furan rings is 1. The molecule has 1 aliphatic heterocycles. The second-order valence-corrected chi connectivity index (χ2v) is 6.11. The van der Waals surface area contributed by atoms with Crippen molar-refractivity contribution in [2.75, 3.05) is 32.7 Å². The number of nitrogens with zero attached hydrogens (tertiary/aromatic N) is 2. The lowest BCUT2D eigenvalue weighted by Gasteiger charge is -2.34. The zero-order valence-corrected chi connectivity index (χ0v) is 13.6. The molecular formula is C18H21FN2O3. The molecule has 1 fully saturated rings. The van der Waals surface area contributed by atoms with Crippen LogP contribution in [0.25, 0.3) is 11.3 Å². The minimum absolute atomic E-state index is 0.139. The van der Waals surface area contributed by atoms with Crippen LogP contribution in [-0.2, 0) is 0 Å². The van der Waals surface area contributed by atoms with Gasteiger partial charge in [-0.2, -0.15) is 0 Å². The SMILES string of the molecule is C[C@H](O)CN1CCN(C(=O)c2ccc(-c3ccc(F)cc3)o2)CC1. The lowest BCUT2D eigenvalue weighted by molar-refractivity contribution is 0.0529. The molecule has 2 heterocycles. The molecule has 0 bridgehead atoms. The normalized spacial score (nSPS) is 17.0. The molecule has 5 nitrogen and oxygen atoms in total. The van der Waals surface area contributed by atoms with E-state index >= 15 is 0 Å². The Labute approximate surface area is 140 Å². The molecule has 2 aromatic rings. The molecule has 3 rings (SSSR count). The lowest BCUT2D eigenvalue weighted by Crippen LogP contribution is -2.50. The van der Waals surface area contributed by atoms with E-state index in [1.165, 1.54) is 12.1 Å². The highest BCUT2D eigenvalue weighted by Gasteiger charge is 2.24. The maximum Gasteiger partial charge on any atom is 0.289 e. The molecule has 0 aliphatic carbocycles. The van der Waals surface area contributed by atoms with Gasteiger partial charge in [-0.1, -0.05) is 0 Å². The van der Waals surface area contributed by atoms with Gasteiger partial charge < -0.3 is 14.4 Å². The van der Waals surface area contributed by atoms with Crippen molar-refractivity contribution in [3.63, 3.8) is 0 Å². The van der Waals surface area contributed by atoms with Gasteiger partial charge in [0.15, 0.2) is 5.76 Å². The molecule has 1 aromatic carbocycles. The fourth-order valence-corrected chi connectivity index (χ4v) is 2.89. The molecule has 6 heteroatoms. The first-order chi connectivity index (χ1) is 11.5. The van der Waals surface area contributed by atoms with Gasteiger partial charge in [-0.25, -0.2) is 4.39 Å². The van der Waals surface area contributed by atoms with E-state index in [9.17, 15) is 14.3 Å². The van der Waals surface area contributed by atoms with Gasteiger partial charge in [0.1, 0.15) is 11.6 Å². The van der Waals surface area contributed by atoms with Crippen molar-refractivity contribution < 1.29 is 18.7 Å². The van der Waals surface area contributed by atoms with E-state index in [2.05, 4.69) is 4.90 Å². The van der Waals surface area contributed by atoms with E-state index in [4.69, 9.17) is 4.42 Å². The van der Waals surface area contributed by atoms with Crippen LogP contribution >= 0.6 is 0 Å². The Morgan fingerprint density at radius 3 is 2.46 bits per heavy atom. The number of aliphatic hydroxyl groups is 1. The molecule has 1 N–H and O–H groups in total. The largest absolute Gasteiger partial charge is 0.451 e. The van der Waals surface area contributed by atoms with E-state index < -0.39 is 0 Å². The molecule has 0 unspecified atom stereocenters. The molecule has 1 aromatic heterocycles. The Balaban J connectivity index is 1.63. The summed E-state index contributed by atoms with van der Waals surface area (Å²) in [6.07, 6.45) is -0.365. The highest BCUT2D eigenvalue weighted by atomic mass is 19.1. The Kier molecular flexibility index (Phi) is 4.97. The zero-order chi connectivity index (χ0) is 17.1. The molecule has 1 saturated heterocycles. The third-order valence-electron chi connectivity index (χ3n) is 4.13. The van der Waals surface area contributed by atoms with Gasteiger partial charge in [0.05, 0.1) is 6.10 Å². The molecule has 128 valence electrons. The van der Waals surface area contributed by atoms with Crippen molar-refractivity contribution in [1.82, 2.24) is 9.80 Å². The van der Waals surface area contributed by atoms with Crippen LogP contribution in [0, 0.1) is 5.82 Å². The molecule has 0 saturated carbocycles. The van der Waals surface area contributed by atoms with Gasteiger partial charge in [0.25, 0.3) is 5.91 Å². The quantitative estimate of drug-likeness (QED) is 0.933. The third-order valence-corrected chi connectivity index (χ3v) is 4.13. The molecule has 0 radical (unpaired) electrons. The summed E-state index contributed by atoms with van der Waals surface area (Å²) in [5.41, 5.74) is 0.734. The zero-order valence-electron chi connectivity index (χ0n) is 13.6. The van der Waals surface area contributed by atoms with Gasteiger partial charge in [0.2, 0.25) is 0 Å². The summed E-state index contributed by atoms with van der Waals surface area (Å²) in [6.45, 7) is 5.08. The lowest BCUT2D eigenvalue weighted by atomic mass is 10.2. The topological polar surface area (TPSA) is 56.9 Å². The van der Waals surface area contributed by atoms with Crippen molar-refractivity contribution in [2.24, 2.45) is 0 Å². The van der Waals surface area contributed by atoms with Crippen LogP contribution in [0.1, 0.15) is 17.5 Å². The smallest absolute Gasteiger partial charge is 0.289 e. The van der Waals surface area contributed by atoms with Crippen LogP contribution in [0.3, 0.4) is 0 Å². The maximum absolute atomic E-state index is 13.0. The molecule has 0 spiro atoms. The van der Waals surface area contributed by atoms with Crippen LogP contribution in [0.4, 0.5) is 4.39 Å². The number of aliphatic hydroxyl groups excluding tert-OH is 1. The number of amides is 1. The van der Waals surface area contributed by atoms with Gasteiger partial charge in [-0.05, 0) is 43.3 Å². The minimum atomic E-state index is -0.365. The van der Waals surface area contributed by atoms with E-state index in [-0.39, 0.29) is 17.8 Å². The van der Waals surface area contributed by atoms with Crippen molar-refractivity contribution in [2.45, 2.75) is 13.0 Å². The number of piperazine rings is 1. The summed E-state index contributed by atoms with van der Waals surface area (Å²) in [4.78, 5) is 16.4. The number of hydrogen-bond acceptors (Lipinski definition) is 4. The average Bonchev–Trinajstić information content (AvgIpc) is 3.05. The second kappa shape index (κ2) is 7.15. The van der Waals surface area contributed by atoms with E-state index in [1.807, 2.05) is 0 Å². The Hall–Kier alpha value is -2.18. The van der Waals surface area contributed by atoms with Crippen molar-refractivity contribution in [3.8, 4) is 11.3 Å². The van der Waals surface area contributed by atoms with Crippen LogP contribution in [0.15, 0.2) is 40.8 Å². The molecule has 1 aliphatic rings. The molecule has 1 atom stereocenters. The highest BCUT2D eigenvalue weighted by Crippen LogP contribution is 2.23. The van der Waals surface area contributed by atoms with Crippen LogP contribution < -0.4 is 0 Å². The summed E-state index contributed by atoms with van der Waals surface area (Å²) >= 11 is 0. The van der Waals surface area contributed by atoms with Crippen LogP contribution in [0.5, 0.6) is 0 Å². The van der Waals surface area contributed by atoms with Crippen molar-refractivity contribution in [1.29, 1.82) is 0 Å². The first-order valence-electron chi connectivity index (χ1n) is 8.08. The number of β-amino-alcohol motifs (C(OH)–C–C–N with tert-alkyl or cyclic N) is 1. The summed E-state index contributed by atoms with van der Waals surface area (Å²) in [5, 5.41) is 9.43.